The molecule has 0 radical (unpaired) electrons. The van der Waals surface area contributed by atoms with Crippen molar-refractivity contribution in [3.05, 3.63) is 58.9 Å². The molecular formula is C17H18N2OS. The first-order chi connectivity index (χ1) is 10.3. The van der Waals surface area contributed by atoms with Gasteiger partial charge in [0.15, 0.2) is 4.96 Å². The van der Waals surface area contributed by atoms with Gasteiger partial charge in [0, 0.05) is 24.2 Å². The minimum atomic E-state index is -0.303. The van der Waals surface area contributed by atoms with Gasteiger partial charge in [0.2, 0.25) is 0 Å². The second-order valence-electron chi connectivity index (χ2n) is 5.87. The molecule has 4 rings (SSSR count). The van der Waals surface area contributed by atoms with E-state index >= 15 is 0 Å². The highest BCUT2D eigenvalue weighted by Gasteiger charge is 2.25. The topological polar surface area (TPSA) is 37.5 Å². The molecule has 3 aromatic rings. The molecule has 0 fully saturated rings. The number of nitrogens with zero attached hydrogens (tertiary/aromatic N) is 2. The molecule has 0 aliphatic heterocycles. The van der Waals surface area contributed by atoms with Crippen LogP contribution >= 0.6 is 11.3 Å². The summed E-state index contributed by atoms with van der Waals surface area (Å²) in [7, 11) is 0. The van der Waals surface area contributed by atoms with Gasteiger partial charge < -0.3 is 5.11 Å². The van der Waals surface area contributed by atoms with E-state index in [9.17, 15) is 5.11 Å². The monoisotopic (exact) mass is 298 g/mol. The Morgan fingerprint density at radius 1 is 1.33 bits per heavy atom. The van der Waals surface area contributed by atoms with Crippen LogP contribution in [-0.2, 0) is 19.3 Å². The lowest BCUT2D eigenvalue weighted by molar-refractivity contribution is 0.0985. The summed E-state index contributed by atoms with van der Waals surface area (Å²) < 4.78 is 2.03. The van der Waals surface area contributed by atoms with Gasteiger partial charge in [0.05, 0.1) is 11.8 Å². The summed E-state index contributed by atoms with van der Waals surface area (Å²) in [5.74, 6) is 0.347. The van der Waals surface area contributed by atoms with Gasteiger partial charge in [-0.25, -0.2) is 4.98 Å². The first kappa shape index (κ1) is 13.0. The fourth-order valence-electron chi connectivity index (χ4n) is 3.31. The Balaban J connectivity index is 1.48. The summed E-state index contributed by atoms with van der Waals surface area (Å²) in [6.07, 6.45) is 7.53. The number of aliphatic hydroxyl groups excluding tert-OH is 1. The van der Waals surface area contributed by atoms with Crippen molar-refractivity contribution in [2.24, 2.45) is 5.92 Å². The fourth-order valence-corrected chi connectivity index (χ4v) is 4.03. The van der Waals surface area contributed by atoms with Gasteiger partial charge in [0.1, 0.15) is 0 Å². The van der Waals surface area contributed by atoms with Gasteiger partial charge in [-0.2, -0.15) is 0 Å². The smallest absolute Gasteiger partial charge is 0.193 e. The maximum Gasteiger partial charge on any atom is 0.193 e. The molecular weight excluding hydrogens is 280 g/mol. The van der Waals surface area contributed by atoms with Crippen LogP contribution in [0.3, 0.4) is 0 Å². The first-order valence-corrected chi connectivity index (χ1v) is 8.33. The van der Waals surface area contributed by atoms with E-state index in [1.807, 2.05) is 22.2 Å². The van der Waals surface area contributed by atoms with Gasteiger partial charge in [-0.15, -0.1) is 11.3 Å². The van der Waals surface area contributed by atoms with E-state index in [4.69, 9.17) is 0 Å². The molecule has 2 aromatic heterocycles. The van der Waals surface area contributed by atoms with Crippen LogP contribution in [0.5, 0.6) is 0 Å². The minimum Gasteiger partial charge on any atom is -0.392 e. The number of hydrogen-bond acceptors (Lipinski definition) is 3. The van der Waals surface area contributed by atoms with Crippen molar-refractivity contribution in [3.8, 4) is 0 Å². The number of fused-ring (bicyclic) bond motifs is 2. The van der Waals surface area contributed by atoms with Crippen LogP contribution in [0.4, 0.5) is 0 Å². The van der Waals surface area contributed by atoms with Gasteiger partial charge in [-0.05, 0) is 36.3 Å². The lowest BCUT2D eigenvalue weighted by atomic mass is 9.80. The summed E-state index contributed by atoms with van der Waals surface area (Å²) in [5, 5.41) is 12.6. The summed E-state index contributed by atoms with van der Waals surface area (Å²) in [4.78, 5) is 5.58. The number of aliphatic hydroxyl groups is 1. The molecule has 1 aromatic carbocycles. The third kappa shape index (κ3) is 2.49. The molecule has 0 spiro atoms. The Hall–Kier alpha value is -1.65. The van der Waals surface area contributed by atoms with Crippen LogP contribution < -0.4 is 0 Å². The Bertz CT molecular complexity index is 732. The van der Waals surface area contributed by atoms with Gasteiger partial charge in [-0.1, -0.05) is 24.3 Å². The molecule has 2 unspecified atom stereocenters. The van der Waals surface area contributed by atoms with Crippen LogP contribution in [0.15, 0.2) is 42.0 Å². The number of thiazole rings is 1. The molecule has 1 N–H and O–H groups in total. The average Bonchev–Trinajstić information content (AvgIpc) is 3.08. The summed E-state index contributed by atoms with van der Waals surface area (Å²) >= 11 is 1.63. The number of rotatable bonds is 3. The van der Waals surface area contributed by atoms with E-state index in [0.717, 1.165) is 29.9 Å². The molecule has 0 saturated carbocycles. The van der Waals surface area contributed by atoms with Crippen molar-refractivity contribution in [2.75, 3.05) is 0 Å². The molecule has 2 heterocycles. The van der Waals surface area contributed by atoms with Crippen molar-refractivity contribution >= 4 is 16.3 Å². The van der Waals surface area contributed by atoms with Gasteiger partial charge in [0.25, 0.3) is 0 Å². The normalized spacial score (nSPS) is 19.6. The lowest BCUT2D eigenvalue weighted by Crippen LogP contribution is -2.28. The molecule has 21 heavy (non-hydrogen) atoms. The molecule has 4 heteroatoms. The average molecular weight is 298 g/mol. The third-order valence-electron chi connectivity index (χ3n) is 4.49. The van der Waals surface area contributed by atoms with Crippen molar-refractivity contribution in [2.45, 2.75) is 31.8 Å². The summed E-state index contributed by atoms with van der Waals surface area (Å²) in [5.41, 5.74) is 3.84. The first-order valence-electron chi connectivity index (χ1n) is 7.45. The number of aromatic nitrogens is 2. The predicted octanol–water partition coefficient (Wildman–Crippen LogP) is 3.10. The zero-order valence-corrected chi connectivity index (χ0v) is 12.6. The Morgan fingerprint density at radius 3 is 3.05 bits per heavy atom. The SMILES string of the molecule is OC(Cc1cn2ccsc2n1)C1CCc2ccccc2C1. The summed E-state index contributed by atoms with van der Waals surface area (Å²) in [6.45, 7) is 0. The molecule has 1 aliphatic carbocycles. The van der Waals surface area contributed by atoms with E-state index in [2.05, 4.69) is 29.2 Å². The van der Waals surface area contributed by atoms with Crippen LogP contribution in [0.2, 0.25) is 0 Å². The van der Waals surface area contributed by atoms with Gasteiger partial charge >= 0.3 is 0 Å². The lowest BCUT2D eigenvalue weighted by Gasteiger charge is -2.28. The number of hydrogen-bond donors (Lipinski definition) is 1. The van der Waals surface area contributed by atoms with Crippen molar-refractivity contribution < 1.29 is 5.11 Å². The third-order valence-corrected chi connectivity index (χ3v) is 5.26. The van der Waals surface area contributed by atoms with E-state index in [1.54, 1.807) is 11.3 Å². The largest absolute Gasteiger partial charge is 0.392 e. The molecule has 3 nitrogen and oxygen atoms in total. The zero-order chi connectivity index (χ0) is 14.2. The zero-order valence-electron chi connectivity index (χ0n) is 11.8. The van der Waals surface area contributed by atoms with Crippen LogP contribution in [0, 0.1) is 5.92 Å². The molecule has 1 aliphatic rings. The fraction of sp³-hybridized carbons (Fsp3) is 0.353. The van der Waals surface area contributed by atoms with Crippen LogP contribution in [0.25, 0.3) is 4.96 Å². The standard InChI is InChI=1S/C17H18N2OS/c20-16(10-15-11-19-7-8-21-17(19)18-15)14-6-5-12-3-1-2-4-13(12)9-14/h1-4,7-8,11,14,16,20H,5-6,9-10H2. The maximum atomic E-state index is 10.6. The van der Waals surface area contributed by atoms with Crippen LogP contribution in [-0.4, -0.2) is 20.6 Å². The molecule has 0 saturated heterocycles. The minimum absolute atomic E-state index is 0.303. The van der Waals surface area contributed by atoms with E-state index in [-0.39, 0.29) is 6.10 Å². The second-order valence-corrected chi connectivity index (χ2v) is 6.74. The van der Waals surface area contributed by atoms with Crippen molar-refractivity contribution in [1.82, 2.24) is 9.38 Å². The van der Waals surface area contributed by atoms with Crippen LogP contribution in [0.1, 0.15) is 23.2 Å². The second kappa shape index (κ2) is 5.28. The van der Waals surface area contributed by atoms with Crippen molar-refractivity contribution in [1.29, 1.82) is 0 Å². The highest BCUT2D eigenvalue weighted by Crippen LogP contribution is 2.28. The number of aryl methyl sites for hydroxylation is 1. The van der Waals surface area contributed by atoms with E-state index in [1.165, 1.54) is 11.1 Å². The van der Waals surface area contributed by atoms with Gasteiger partial charge in [-0.3, -0.25) is 4.40 Å². The van der Waals surface area contributed by atoms with Crippen molar-refractivity contribution in [3.63, 3.8) is 0 Å². The van der Waals surface area contributed by atoms with E-state index < -0.39 is 0 Å². The van der Waals surface area contributed by atoms with E-state index in [0.29, 0.717) is 12.3 Å². The number of benzene rings is 1. The molecule has 108 valence electrons. The maximum absolute atomic E-state index is 10.6. The Morgan fingerprint density at radius 2 is 2.19 bits per heavy atom. The molecule has 2 atom stereocenters. The molecule has 0 amide bonds. The molecule has 0 bridgehead atoms. The quantitative estimate of drug-likeness (QED) is 0.807. The Labute approximate surface area is 127 Å². The highest BCUT2D eigenvalue weighted by atomic mass is 32.1. The number of imidazole rings is 1. The Kier molecular flexibility index (Phi) is 3.28. The predicted molar refractivity (Wildman–Crippen MR) is 84.7 cm³/mol. The summed E-state index contributed by atoms with van der Waals surface area (Å²) in [6, 6.07) is 8.60. The highest BCUT2D eigenvalue weighted by molar-refractivity contribution is 7.15.